The van der Waals surface area contributed by atoms with Crippen molar-refractivity contribution < 1.29 is 27.0 Å². The molecule has 2 aromatic rings. The van der Waals surface area contributed by atoms with Crippen molar-refractivity contribution in [1.82, 2.24) is 0 Å². The lowest BCUT2D eigenvalue weighted by Gasteiger charge is -2.28. The van der Waals surface area contributed by atoms with Gasteiger partial charge in [-0.2, -0.15) is 8.78 Å². The van der Waals surface area contributed by atoms with Crippen molar-refractivity contribution in [2.45, 2.75) is 83.3 Å². The number of rotatable bonds is 9. The fourth-order valence-corrected chi connectivity index (χ4v) is 5.08. The molecule has 0 aromatic heterocycles. The third kappa shape index (κ3) is 5.89. The van der Waals surface area contributed by atoms with Crippen LogP contribution in [0.3, 0.4) is 0 Å². The number of hydrogen-bond acceptors (Lipinski definition) is 2. The van der Waals surface area contributed by atoms with Gasteiger partial charge < -0.3 is 9.47 Å². The molecule has 0 N–H and O–H groups in total. The van der Waals surface area contributed by atoms with Crippen molar-refractivity contribution in [3.05, 3.63) is 64.2 Å². The van der Waals surface area contributed by atoms with Crippen molar-refractivity contribution >= 4 is 0 Å². The average Bonchev–Trinajstić information content (AvgIpc) is 3.62. The quantitative estimate of drug-likeness (QED) is 0.277. The van der Waals surface area contributed by atoms with Gasteiger partial charge in [0.15, 0.2) is 11.6 Å². The maximum Gasteiger partial charge on any atom is 0.398 e. The summed E-state index contributed by atoms with van der Waals surface area (Å²) in [5.74, 6) is -0.728. The van der Waals surface area contributed by atoms with Crippen molar-refractivity contribution in [2.75, 3.05) is 6.61 Å². The third-order valence-corrected chi connectivity index (χ3v) is 7.07. The van der Waals surface area contributed by atoms with Crippen LogP contribution >= 0.6 is 0 Å². The first-order valence-corrected chi connectivity index (χ1v) is 12.0. The Hall–Kier alpha value is -2.08. The predicted molar refractivity (Wildman–Crippen MR) is 120 cm³/mol. The van der Waals surface area contributed by atoms with E-state index in [4.69, 9.17) is 9.47 Å². The Morgan fingerprint density at radius 1 is 1.03 bits per heavy atom. The highest BCUT2D eigenvalue weighted by molar-refractivity contribution is 5.36. The Morgan fingerprint density at radius 3 is 2.30 bits per heavy atom. The minimum Gasteiger partial charge on any atom is -0.433 e. The summed E-state index contributed by atoms with van der Waals surface area (Å²) >= 11 is 0. The summed E-state index contributed by atoms with van der Waals surface area (Å²) in [4.78, 5) is 0. The number of hydrogen-bond donors (Lipinski definition) is 0. The molecule has 180 valence electrons. The van der Waals surface area contributed by atoms with Crippen molar-refractivity contribution in [3.63, 3.8) is 0 Å². The van der Waals surface area contributed by atoms with Crippen LogP contribution in [0.25, 0.3) is 0 Å². The SMILES string of the molecule is CCCC1CCC(c2ccc(OC(F)(F)CCc3c(C)cc(C4CO4)c(F)c3F)cc2)CC1. The second kappa shape index (κ2) is 10.0. The second-order valence-electron chi connectivity index (χ2n) is 9.53. The normalized spacial score (nSPS) is 22.9. The van der Waals surface area contributed by atoms with E-state index in [0.717, 1.165) is 24.3 Å². The Morgan fingerprint density at radius 2 is 1.70 bits per heavy atom. The number of ether oxygens (including phenoxy) is 2. The fourth-order valence-electron chi connectivity index (χ4n) is 5.08. The number of alkyl halides is 2. The molecule has 2 fully saturated rings. The van der Waals surface area contributed by atoms with Crippen LogP contribution in [0.4, 0.5) is 17.6 Å². The fraction of sp³-hybridized carbons (Fsp3) is 0.556. The zero-order valence-electron chi connectivity index (χ0n) is 19.3. The van der Waals surface area contributed by atoms with Gasteiger partial charge in [-0.3, -0.25) is 0 Å². The molecule has 1 atom stereocenters. The summed E-state index contributed by atoms with van der Waals surface area (Å²) in [7, 11) is 0. The molecular formula is C27H32F4O2. The lowest BCUT2D eigenvalue weighted by molar-refractivity contribution is -0.180. The van der Waals surface area contributed by atoms with Gasteiger partial charge in [0.25, 0.3) is 0 Å². The molecule has 1 saturated heterocycles. The first kappa shape index (κ1) is 24.1. The summed E-state index contributed by atoms with van der Waals surface area (Å²) in [5.41, 5.74) is 1.70. The summed E-state index contributed by atoms with van der Waals surface area (Å²) in [5, 5.41) is 0. The van der Waals surface area contributed by atoms with Gasteiger partial charge in [-0.15, -0.1) is 0 Å². The summed E-state index contributed by atoms with van der Waals surface area (Å²) in [6.07, 6.45) is 2.21. The van der Waals surface area contributed by atoms with Crippen LogP contribution in [0.2, 0.25) is 0 Å². The van der Waals surface area contributed by atoms with Gasteiger partial charge in [0.1, 0.15) is 11.9 Å². The number of halogens is 4. The summed E-state index contributed by atoms with van der Waals surface area (Å²) < 4.78 is 67.7. The van der Waals surface area contributed by atoms with Gasteiger partial charge in [-0.05, 0) is 85.8 Å². The Bertz CT molecular complexity index is 946. The van der Waals surface area contributed by atoms with E-state index in [1.165, 1.54) is 31.7 Å². The molecule has 1 aliphatic heterocycles. The van der Waals surface area contributed by atoms with Crippen molar-refractivity contribution in [3.8, 4) is 5.75 Å². The van der Waals surface area contributed by atoms with Gasteiger partial charge >= 0.3 is 6.11 Å². The Labute approximate surface area is 193 Å². The van der Waals surface area contributed by atoms with Crippen LogP contribution in [0.5, 0.6) is 5.75 Å². The van der Waals surface area contributed by atoms with E-state index in [0.29, 0.717) is 18.1 Å². The van der Waals surface area contributed by atoms with E-state index < -0.39 is 30.3 Å². The topological polar surface area (TPSA) is 21.8 Å². The zero-order valence-corrected chi connectivity index (χ0v) is 19.3. The standard InChI is InChI=1S/C27H32F4O2/c1-3-4-18-5-7-19(8-6-18)20-9-11-21(12-10-20)33-27(30,31)14-13-22-17(2)15-23(24-16-32-24)26(29)25(22)28/h9-12,15,18-19,24H,3-8,13-14,16H2,1-2H3. The average molecular weight is 465 g/mol. The predicted octanol–water partition coefficient (Wildman–Crippen LogP) is 8.02. The smallest absolute Gasteiger partial charge is 0.398 e. The van der Waals surface area contributed by atoms with Gasteiger partial charge in [0.2, 0.25) is 0 Å². The monoisotopic (exact) mass is 464 g/mol. The molecule has 0 bridgehead atoms. The van der Waals surface area contributed by atoms with Crippen LogP contribution in [0, 0.1) is 24.5 Å². The van der Waals surface area contributed by atoms with Gasteiger partial charge in [-0.25, -0.2) is 8.78 Å². The van der Waals surface area contributed by atoms with Gasteiger partial charge in [-0.1, -0.05) is 31.9 Å². The molecule has 4 rings (SSSR count). The lowest BCUT2D eigenvalue weighted by Crippen LogP contribution is -2.26. The number of epoxide rings is 1. The highest BCUT2D eigenvalue weighted by atomic mass is 19.3. The van der Waals surface area contributed by atoms with E-state index in [1.54, 1.807) is 19.1 Å². The first-order chi connectivity index (χ1) is 15.8. The highest BCUT2D eigenvalue weighted by Crippen LogP contribution is 2.39. The summed E-state index contributed by atoms with van der Waals surface area (Å²) in [6.45, 7) is 4.16. The molecule has 0 amide bonds. The molecule has 1 saturated carbocycles. The van der Waals surface area contributed by atoms with E-state index in [1.807, 2.05) is 12.1 Å². The molecule has 2 aliphatic rings. The van der Waals surface area contributed by atoms with Crippen LogP contribution < -0.4 is 4.74 Å². The van der Waals surface area contributed by atoms with Crippen molar-refractivity contribution in [1.29, 1.82) is 0 Å². The molecule has 2 nitrogen and oxygen atoms in total. The van der Waals surface area contributed by atoms with Gasteiger partial charge in [0, 0.05) is 5.56 Å². The van der Waals surface area contributed by atoms with Crippen LogP contribution in [-0.2, 0) is 11.2 Å². The van der Waals surface area contributed by atoms with Crippen LogP contribution in [0.1, 0.15) is 86.1 Å². The van der Waals surface area contributed by atoms with E-state index >= 15 is 0 Å². The minimum atomic E-state index is -3.49. The molecule has 6 heteroatoms. The largest absolute Gasteiger partial charge is 0.433 e. The number of benzene rings is 2. The van der Waals surface area contributed by atoms with Gasteiger partial charge in [0.05, 0.1) is 13.0 Å². The summed E-state index contributed by atoms with van der Waals surface area (Å²) in [6, 6.07) is 8.38. The molecule has 0 radical (unpaired) electrons. The van der Waals surface area contributed by atoms with E-state index in [2.05, 4.69) is 6.92 Å². The van der Waals surface area contributed by atoms with E-state index in [-0.39, 0.29) is 23.3 Å². The lowest BCUT2D eigenvalue weighted by atomic mass is 9.77. The highest BCUT2D eigenvalue weighted by Gasteiger charge is 2.34. The molecule has 1 heterocycles. The molecular weight excluding hydrogens is 432 g/mol. The Balaban J connectivity index is 1.34. The second-order valence-corrected chi connectivity index (χ2v) is 9.53. The molecule has 33 heavy (non-hydrogen) atoms. The zero-order chi connectivity index (χ0) is 23.6. The Kier molecular flexibility index (Phi) is 7.32. The molecule has 1 unspecified atom stereocenters. The maximum atomic E-state index is 14.5. The number of aryl methyl sites for hydroxylation is 1. The maximum absolute atomic E-state index is 14.5. The third-order valence-electron chi connectivity index (χ3n) is 7.07. The molecule has 0 spiro atoms. The molecule has 1 aliphatic carbocycles. The minimum absolute atomic E-state index is 0.0470. The van der Waals surface area contributed by atoms with Crippen LogP contribution in [-0.4, -0.2) is 12.7 Å². The van der Waals surface area contributed by atoms with E-state index in [9.17, 15) is 17.6 Å². The van der Waals surface area contributed by atoms with Crippen molar-refractivity contribution in [2.24, 2.45) is 5.92 Å². The first-order valence-electron chi connectivity index (χ1n) is 12.0. The molecule has 2 aromatic carbocycles. The van der Waals surface area contributed by atoms with Crippen LogP contribution in [0.15, 0.2) is 30.3 Å².